The van der Waals surface area contributed by atoms with Gasteiger partial charge in [-0.15, -0.1) is 0 Å². The lowest BCUT2D eigenvalue weighted by Gasteiger charge is -2.25. The van der Waals surface area contributed by atoms with E-state index in [1.54, 1.807) is 0 Å². The molecular weight excluding hydrogens is 731 g/mol. The summed E-state index contributed by atoms with van der Waals surface area (Å²) in [5.41, 5.74) is 11.6. The predicted molar refractivity (Wildman–Crippen MR) is 246 cm³/mol. The lowest BCUT2D eigenvalue weighted by atomic mass is 9.88. The Hall–Kier alpha value is -8.51. The van der Waals surface area contributed by atoms with Gasteiger partial charge in [0, 0.05) is 50.5 Å². The Morgan fingerprint density at radius 3 is 1.67 bits per heavy atom. The molecule has 12 rings (SSSR count). The van der Waals surface area contributed by atoms with Crippen molar-refractivity contribution in [3.05, 3.63) is 205 Å². The molecule has 60 heavy (non-hydrogen) atoms. The molecule has 0 atom stereocenters. The smallest absolute Gasteiger partial charge is 0.220 e. The number of hydrogen-bond acceptors (Lipinski definition) is 2. The van der Waals surface area contributed by atoms with Gasteiger partial charge in [0.1, 0.15) is 6.07 Å². The number of benzene rings is 9. The largest absolute Gasteiger partial charge is 0.318 e. The Kier molecular flexibility index (Phi) is 7.29. The summed E-state index contributed by atoms with van der Waals surface area (Å²) in [6, 6.07) is 63.5. The minimum absolute atomic E-state index is 0.417. The summed E-state index contributed by atoms with van der Waals surface area (Å²) in [6.45, 7) is 9.13. The van der Waals surface area contributed by atoms with E-state index in [9.17, 15) is 5.26 Å². The van der Waals surface area contributed by atoms with E-state index in [-0.39, 0.29) is 0 Å². The molecule has 0 amide bonds. The van der Waals surface area contributed by atoms with Crippen LogP contribution >= 0.6 is 0 Å². The molecule has 0 unspecified atom stereocenters. The van der Waals surface area contributed by atoms with Crippen LogP contribution in [0.25, 0.3) is 115 Å². The number of hydrogen-bond donors (Lipinski definition) is 0. The molecule has 3 heterocycles. The van der Waals surface area contributed by atoms with Gasteiger partial charge in [-0.2, -0.15) is 5.26 Å². The molecule has 9 aromatic carbocycles. The number of aromatic nitrogens is 3. The van der Waals surface area contributed by atoms with E-state index in [2.05, 4.69) is 146 Å². The molecule has 0 aliphatic rings. The molecule has 5 nitrogen and oxygen atoms in total. The zero-order valence-electron chi connectivity index (χ0n) is 32.1. The summed E-state index contributed by atoms with van der Waals surface area (Å²) in [4.78, 5) is 9.03. The van der Waals surface area contributed by atoms with Crippen LogP contribution in [-0.4, -0.2) is 14.1 Å². The van der Waals surface area contributed by atoms with Gasteiger partial charge in [0.25, 0.3) is 0 Å². The van der Waals surface area contributed by atoms with Crippen molar-refractivity contribution in [3.8, 4) is 50.8 Å². The molecular formula is C55H31N5. The number of para-hydroxylation sites is 1. The van der Waals surface area contributed by atoms with Crippen LogP contribution in [0.2, 0.25) is 0 Å². The molecule has 276 valence electrons. The zero-order valence-corrected chi connectivity index (χ0v) is 32.1. The van der Waals surface area contributed by atoms with E-state index in [1.165, 1.54) is 0 Å². The predicted octanol–water partition coefficient (Wildman–Crippen LogP) is 14.4. The van der Waals surface area contributed by atoms with Crippen molar-refractivity contribution in [2.24, 2.45) is 0 Å². The number of rotatable bonds is 5. The second-order valence-electron chi connectivity index (χ2n) is 15.2. The van der Waals surface area contributed by atoms with Crippen molar-refractivity contribution in [3.63, 3.8) is 0 Å². The van der Waals surface area contributed by atoms with Crippen molar-refractivity contribution >= 4 is 70.8 Å². The van der Waals surface area contributed by atoms with Crippen LogP contribution in [0.15, 0.2) is 188 Å². The van der Waals surface area contributed by atoms with Gasteiger partial charge in [-0.1, -0.05) is 140 Å². The first kappa shape index (κ1) is 33.6. The van der Waals surface area contributed by atoms with Gasteiger partial charge in [-0.3, -0.25) is 4.98 Å². The average Bonchev–Trinajstić information content (AvgIpc) is 3.84. The lowest BCUT2D eigenvalue weighted by Crippen LogP contribution is -2.08. The molecule has 0 fully saturated rings. The fourth-order valence-corrected chi connectivity index (χ4v) is 9.80. The Labute approximate surface area is 345 Å². The molecule has 0 saturated heterocycles. The van der Waals surface area contributed by atoms with E-state index >= 15 is 0 Å². The Morgan fingerprint density at radius 1 is 0.450 bits per heavy atom. The summed E-state index contributed by atoms with van der Waals surface area (Å²) in [5.74, 6) is 0. The Balaban J connectivity index is 1.34. The molecule has 5 heteroatoms. The van der Waals surface area contributed by atoms with Gasteiger partial charge in [0.05, 0.1) is 45.6 Å². The van der Waals surface area contributed by atoms with Crippen LogP contribution in [0.4, 0.5) is 5.69 Å². The van der Waals surface area contributed by atoms with Gasteiger partial charge < -0.3 is 9.13 Å². The molecule has 0 spiro atoms. The standard InChI is InChI=1S/C55H31N5/c1-57-53-49(35-17-7-3-8-18-35)43(32-56)54(59-45-24-12-11-21-39(45)42-31-37(27-28-46(42)59)34-15-5-2-6-16-34)50(36-19-9-4-10-20-36)55(53)60-47-25-13-22-40-38-29-30-58-33-44(38)41-23-14-26-48(60)52(41)51(40)47/h2-31,33H. The average molecular weight is 762 g/mol. The van der Waals surface area contributed by atoms with Gasteiger partial charge in [-0.05, 0) is 74.8 Å². The number of fused-ring (bicyclic) bond motifs is 6. The normalized spacial score (nSPS) is 11.6. The monoisotopic (exact) mass is 761 g/mol. The zero-order chi connectivity index (χ0) is 39.9. The molecule has 0 N–H and O–H groups in total. The van der Waals surface area contributed by atoms with Crippen LogP contribution < -0.4 is 0 Å². The molecule has 0 radical (unpaired) electrons. The van der Waals surface area contributed by atoms with Gasteiger partial charge in [-0.25, -0.2) is 4.85 Å². The first-order valence-corrected chi connectivity index (χ1v) is 20.0. The third-order valence-corrected chi connectivity index (χ3v) is 12.2. The van der Waals surface area contributed by atoms with E-state index in [1.807, 2.05) is 67.0 Å². The van der Waals surface area contributed by atoms with Crippen LogP contribution in [0.5, 0.6) is 0 Å². The first-order chi connectivity index (χ1) is 29.7. The maximum atomic E-state index is 11.7. The number of pyridine rings is 1. The quantitative estimate of drug-likeness (QED) is 0.130. The fraction of sp³-hybridized carbons (Fsp3) is 0. The topological polar surface area (TPSA) is 50.9 Å². The summed E-state index contributed by atoms with van der Waals surface area (Å²) < 4.78 is 4.57. The molecule has 0 bridgehead atoms. The maximum Gasteiger partial charge on any atom is 0.220 e. The third kappa shape index (κ3) is 4.63. The second kappa shape index (κ2) is 13.0. The van der Waals surface area contributed by atoms with Crippen LogP contribution in [-0.2, 0) is 0 Å². The molecule has 3 aromatic heterocycles. The van der Waals surface area contributed by atoms with Crippen molar-refractivity contribution in [2.45, 2.75) is 0 Å². The maximum absolute atomic E-state index is 11.7. The van der Waals surface area contributed by atoms with Crippen LogP contribution in [0, 0.1) is 17.9 Å². The van der Waals surface area contributed by atoms with E-state index in [0.717, 1.165) is 104 Å². The lowest BCUT2D eigenvalue weighted by molar-refractivity contribution is 1.13. The highest BCUT2D eigenvalue weighted by Crippen LogP contribution is 2.53. The van der Waals surface area contributed by atoms with E-state index in [0.29, 0.717) is 16.8 Å². The first-order valence-electron chi connectivity index (χ1n) is 20.0. The molecule has 0 aliphatic carbocycles. The van der Waals surface area contributed by atoms with Crippen LogP contribution in [0.1, 0.15) is 5.56 Å². The Morgan fingerprint density at radius 2 is 1.00 bits per heavy atom. The summed E-state index contributed by atoms with van der Waals surface area (Å²) in [6.07, 6.45) is 3.82. The van der Waals surface area contributed by atoms with Crippen molar-refractivity contribution in [2.75, 3.05) is 0 Å². The van der Waals surface area contributed by atoms with Gasteiger partial charge in [0.15, 0.2) is 0 Å². The van der Waals surface area contributed by atoms with E-state index in [4.69, 9.17) is 6.57 Å². The van der Waals surface area contributed by atoms with Crippen molar-refractivity contribution in [1.29, 1.82) is 5.26 Å². The van der Waals surface area contributed by atoms with Gasteiger partial charge >= 0.3 is 0 Å². The van der Waals surface area contributed by atoms with Gasteiger partial charge in [0.2, 0.25) is 5.69 Å². The summed E-state index contributed by atoms with van der Waals surface area (Å²) >= 11 is 0. The highest BCUT2D eigenvalue weighted by atomic mass is 15.0. The summed E-state index contributed by atoms with van der Waals surface area (Å²) in [5, 5.41) is 20.5. The molecule has 0 aliphatic heterocycles. The second-order valence-corrected chi connectivity index (χ2v) is 15.2. The highest BCUT2D eigenvalue weighted by Gasteiger charge is 2.32. The van der Waals surface area contributed by atoms with Crippen molar-refractivity contribution < 1.29 is 0 Å². The minimum atomic E-state index is 0.417. The number of nitrogens with zero attached hydrogens (tertiary/aromatic N) is 5. The van der Waals surface area contributed by atoms with E-state index < -0.39 is 0 Å². The highest BCUT2D eigenvalue weighted by molar-refractivity contribution is 6.34. The summed E-state index contributed by atoms with van der Waals surface area (Å²) in [7, 11) is 0. The minimum Gasteiger partial charge on any atom is -0.318 e. The third-order valence-electron chi connectivity index (χ3n) is 12.2. The SMILES string of the molecule is [C-]#[N+]c1c(-c2ccccc2)c(C#N)c(-n2c3ccccc3c3cc(-c4ccccc4)ccc32)c(-c2ccccc2)c1-n1c2cccc3c4ccncc4c4cccc1c4c32. The molecule has 0 saturated carbocycles. The number of nitriles is 1. The fourth-order valence-electron chi connectivity index (χ4n) is 9.80. The van der Waals surface area contributed by atoms with Crippen molar-refractivity contribution in [1.82, 2.24) is 14.1 Å². The Bertz CT molecular complexity index is 3680. The van der Waals surface area contributed by atoms with Crippen LogP contribution in [0.3, 0.4) is 0 Å². The molecule has 12 aromatic rings.